The van der Waals surface area contributed by atoms with Crippen molar-refractivity contribution in [1.29, 1.82) is 0 Å². The third kappa shape index (κ3) is 3.44. The number of carbonyl (C=O) groups is 1. The molecule has 3 rings (SSSR count). The van der Waals surface area contributed by atoms with Crippen LogP contribution in [0.1, 0.15) is 17.0 Å². The summed E-state index contributed by atoms with van der Waals surface area (Å²) in [4.78, 5) is 11.2. The molecule has 21 heavy (non-hydrogen) atoms. The van der Waals surface area contributed by atoms with Crippen LogP contribution in [0.3, 0.4) is 0 Å². The molecule has 104 valence electrons. The maximum Gasteiger partial charge on any atom is 0.297 e. The van der Waals surface area contributed by atoms with Crippen LogP contribution in [-0.2, 0) is 9.53 Å². The monoisotopic (exact) mass is 501 g/mol. The van der Waals surface area contributed by atoms with E-state index in [0.29, 0.717) is 6.61 Å². The molecule has 0 aliphatic heterocycles. The van der Waals surface area contributed by atoms with Gasteiger partial charge < -0.3 is 12.2 Å². The fraction of sp³-hybridized carbons (Fsp3) is 0.176. The molecule has 1 aliphatic rings. The Balaban J connectivity index is 0.00000110. The van der Waals surface area contributed by atoms with Gasteiger partial charge >= 0.3 is 0 Å². The third-order valence-electron chi connectivity index (χ3n) is 3.54. The third-order valence-corrected chi connectivity index (χ3v) is 3.54. The van der Waals surface area contributed by atoms with E-state index < -0.39 is 0 Å². The summed E-state index contributed by atoms with van der Waals surface area (Å²) in [5.74, 6) is -0.246. The van der Waals surface area contributed by atoms with Crippen molar-refractivity contribution in [2.45, 2.75) is 12.2 Å². The van der Waals surface area contributed by atoms with Crippen molar-refractivity contribution in [3.05, 3.63) is 67.1 Å². The van der Waals surface area contributed by atoms with Crippen LogP contribution in [0.5, 0.6) is 0 Å². The van der Waals surface area contributed by atoms with E-state index in [0.717, 1.165) is 0 Å². The number of hydrogen-bond acceptors (Lipinski definition) is 2. The molecule has 0 N–H and O–H groups in total. The van der Waals surface area contributed by atoms with Crippen molar-refractivity contribution in [3.63, 3.8) is 0 Å². The Bertz CT molecular complexity index is 582. The molecule has 0 heterocycles. The van der Waals surface area contributed by atoms with Crippen LogP contribution in [0, 0.1) is 38.5 Å². The number of hydrogen-bond donors (Lipinski definition) is 0. The first-order valence-electron chi connectivity index (χ1n) is 6.35. The second kappa shape index (κ2) is 7.87. The molecule has 0 unspecified atom stereocenters. The summed E-state index contributed by atoms with van der Waals surface area (Å²) < 4.78 is 5.22. The van der Waals surface area contributed by atoms with E-state index in [1.54, 1.807) is 0 Å². The Labute approximate surface area is 151 Å². The quantitative estimate of drug-likeness (QED) is 0.367. The van der Waals surface area contributed by atoms with Crippen LogP contribution in [0.2, 0.25) is 6.32 Å². The molecule has 2 aromatic carbocycles. The molecule has 0 saturated carbocycles. The molecule has 0 atom stereocenters. The molecule has 2 aromatic rings. The predicted molar refractivity (Wildman–Crippen MR) is 81.7 cm³/mol. The van der Waals surface area contributed by atoms with Crippen molar-refractivity contribution in [1.82, 2.24) is 0 Å². The molecule has 0 spiro atoms. The zero-order chi connectivity index (χ0) is 13.2. The fourth-order valence-corrected chi connectivity index (χ4v) is 2.67. The minimum atomic E-state index is -0.359. The smallest absolute Gasteiger partial charge is 0.297 e. The maximum atomic E-state index is 11.2. The van der Waals surface area contributed by atoms with E-state index in [1.807, 2.05) is 24.3 Å². The molecule has 0 amide bonds. The van der Waals surface area contributed by atoms with E-state index in [2.05, 4.69) is 24.3 Å². The van der Waals surface area contributed by atoms with E-state index in [-0.39, 0.29) is 56.7 Å². The average Bonchev–Trinajstić information content (AvgIpc) is 2.79. The van der Waals surface area contributed by atoms with Crippen molar-refractivity contribution in [2.75, 3.05) is 6.61 Å². The first-order valence-corrected chi connectivity index (χ1v) is 6.35. The van der Waals surface area contributed by atoms with Crippen LogP contribution < -0.4 is 0 Å². The number of rotatable bonds is 3. The van der Waals surface area contributed by atoms with Gasteiger partial charge in [0, 0.05) is 43.4 Å². The van der Waals surface area contributed by atoms with E-state index in [4.69, 9.17) is 12.6 Å². The maximum absolute atomic E-state index is 11.2. The molecule has 4 heteroatoms. The Morgan fingerprint density at radius 2 is 1.48 bits per heavy atom. The second-order valence-corrected chi connectivity index (χ2v) is 4.61. The molecule has 0 fully saturated rings. The van der Waals surface area contributed by atoms with Crippen LogP contribution >= 0.6 is 0 Å². The summed E-state index contributed by atoms with van der Waals surface area (Å²) in [5.41, 5.74) is 4.89. The van der Waals surface area contributed by atoms with E-state index >= 15 is 0 Å². The summed E-state index contributed by atoms with van der Waals surface area (Å²) in [5, 5.41) is 0. The van der Waals surface area contributed by atoms with Crippen LogP contribution in [0.15, 0.2) is 48.5 Å². The Morgan fingerprint density at radius 3 is 1.95 bits per heavy atom. The Morgan fingerprint density at radius 1 is 1.00 bits per heavy atom. The van der Waals surface area contributed by atoms with Gasteiger partial charge in [-0.15, -0.1) is 0 Å². The second-order valence-electron chi connectivity index (χ2n) is 4.61. The normalized spacial score (nSPS) is 11.6. The van der Waals surface area contributed by atoms with Crippen LogP contribution in [0.25, 0.3) is 11.1 Å². The standard InChI is InChI=1S/C16H13BO2.CH3.U/c17-9-16(18)19-10-15-13-7-3-1-5-11(13)12-6-2-4-8-14(12)15;;/h1-8,15H,9-10H2;1H3;/q;-1;. The van der Waals surface area contributed by atoms with Gasteiger partial charge in [0.1, 0.15) is 6.61 Å². The molecule has 2 radical (unpaired) electrons. The van der Waals surface area contributed by atoms with Crippen molar-refractivity contribution in [3.8, 4) is 11.1 Å². The van der Waals surface area contributed by atoms with Gasteiger partial charge in [0.05, 0.1) is 7.85 Å². The number of benzene rings is 2. The van der Waals surface area contributed by atoms with Gasteiger partial charge in [-0.25, -0.2) is 0 Å². The molecular formula is C17H16BO2U-. The van der Waals surface area contributed by atoms with Crippen LogP contribution in [0.4, 0.5) is 0 Å². The van der Waals surface area contributed by atoms with E-state index in [9.17, 15) is 4.79 Å². The Kier molecular flexibility index (Phi) is 6.78. The number of ether oxygens (including phenoxy) is 1. The summed E-state index contributed by atoms with van der Waals surface area (Å²) in [6, 6.07) is 16.5. The zero-order valence-electron chi connectivity index (χ0n) is 12.0. The van der Waals surface area contributed by atoms with Gasteiger partial charge in [0.25, 0.3) is 5.97 Å². The minimum Gasteiger partial charge on any atom is -0.465 e. The molecule has 1 aliphatic carbocycles. The molecule has 0 saturated heterocycles. The molecule has 2 nitrogen and oxygen atoms in total. The van der Waals surface area contributed by atoms with Gasteiger partial charge in [0.15, 0.2) is 0 Å². The largest absolute Gasteiger partial charge is 0.465 e. The summed E-state index contributed by atoms with van der Waals surface area (Å²) in [6.07, 6.45) is -0.0734. The van der Waals surface area contributed by atoms with Gasteiger partial charge in [-0.05, 0) is 22.3 Å². The Hall–Kier alpha value is -0.973. The van der Waals surface area contributed by atoms with Gasteiger partial charge in [-0.3, -0.25) is 4.79 Å². The van der Waals surface area contributed by atoms with E-state index in [1.165, 1.54) is 22.3 Å². The van der Waals surface area contributed by atoms with Crippen molar-refractivity contribution < 1.29 is 40.6 Å². The molecular weight excluding hydrogens is 485 g/mol. The summed E-state index contributed by atoms with van der Waals surface area (Å²) >= 11 is 0. The predicted octanol–water partition coefficient (Wildman–Crippen LogP) is 3.38. The molecule has 0 aromatic heterocycles. The number of esters is 1. The number of fused-ring (bicyclic) bond motifs is 3. The first kappa shape index (κ1) is 18.1. The first-order chi connectivity index (χ1) is 9.31. The van der Waals surface area contributed by atoms with Crippen molar-refractivity contribution >= 4 is 13.8 Å². The summed E-state index contributed by atoms with van der Waals surface area (Å²) in [6.45, 7) is 0.351. The topological polar surface area (TPSA) is 26.3 Å². The zero-order valence-corrected chi connectivity index (χ0v) is 16.2. The van der Waals surface area contributed by atoms with Crippen LogP contribution in [-0.4, -0.2) is 20.4 Å². The van der Waals surface area contributed by atoms with Gasteiger partial charge in [-0.1, -0.05) is 48.5 Å². The minimum absolute atomic E-state index is 0. The average molecular weight is 501 g/mol. The van der Waals surface area contributed by atoms with Gasteiger partial charge in [0.2, 0.25) is 0 Å². The SMILES string of the molecule is [B]CC(=O)OCC1c2ccccc2-c2ccccc21.[CH3-].[U]. The fourth-order valence-electron chi connectivity index (χ4n) is 2.67. The number of carbonyl (C=O) groups excluding carboxylic acids is 1. The van der Waals surface area contributed by atoms with Gasteiger partial charge in [-0.2, -0.15) is 0 Å². The van der Waals surface area contributed by atoms with Crippen molar-refractivity contribution in [2.24, 2.45) is 0 Å². The molecule has 0 bridgehead atoms. The summed E-state index contributed by atoms with van der Waals surface area (Å²) in [7, 11) is 5.27.